The van der Waals surface area contributed by atoms with Crippen molar-refractivity contribution in [3.05, 3.63) is 0 Å². The average molecular weight is 1340 g/mol. The van der Waals surface area contributed by atoms with E-state index in [4.69, 9.17) is 70.8 Å². The molecule has 5 saturated heterocycles. The summed E-state index contributed by atoms with van der Waals surface area (Å²) in [6.45, 7) is 4.19. The van der Waals surface area contributed by atoms with Crippen LogP contribution in [0.2, 0.25) is 49.4 Å². The molecule has 0 aromatic carbocycles. The molecule has 12 aliphatic rings. The van der Waals surface area contributed by atoms with Gasteiger partial charge in [0.05, 0.1) is 79.7 Å². The predicted octanol–water partition coefficient (Wildman–Crippen LogP) is 9.27. The third-order valence-corrected chi connectivity index (χ3v) is 49.8. The molecule has 19 nitrogen and oxygen atoms in total. The fourth-order valence-corrected chi connectivity index (χ4v) is 45.2. The van der Waals surface area contributed by atoms with E-state index < -0.39 is 61.1 Å². The summed E-state index contributed by atoms with van der Waals surface area (Å²) in [5.41, 5.74) is 0. The van der Waals surface area contributed by atoms with Gasteiger partial charge < -0.3 is 86.1 Å². The molecule has 12 fully saturated rings. The smallest absolute Gasteiger partial charge is 0.416 e. The summed E-state index contributed by atoms with van der Waals surface area (Å²) in [7, 11) is -10.4. The fourth-order valence-electron chi connectivity index (χ4n) is 17.0. The average Bonchev–Trinajstić information content (AvgIpc) is 2.95. The number of aliphatic hydroxyl groups is 3. The second-order valence-electron chi connectivity index (χ2n) is 29.2. The van der Waals surface area contributed by atoms with Gasteiger partial charge in [-0.05, 0) is 239 Å². The molecule has 26 heteroatoms. The summed E-state index contributed by atoms with van der Waals surface area (Å²) < 4.78 is 101. The van der Waals surface area contributed by atoms with Gasteiger partial charge >= 0.3 is 61.1 Å². The molecule has 0 spiro atoms. The number of hydrogen-bond donors (Lipinski definition) is 3. The number of hydrogen-bond acceptors (Lipinski definition) is 19. The molecule has 0 bridgehead atoms. The molecule has 24 unspecified atom stereocenters. The predicted molar refractivity (Wildman–Crippen MR) is 338 cm³/mol. The molecule has 12 rings (SSSR count). The Morgan fingerprint density at radius 2 is 0.686 bits per heavy atom. The number of ether oxygens (including phenoxy) is 5. The van der Waals surface area contributed by atoms with Crippen molar-refractivity contribution >= 4 is 61.1 Å². The fraction of sp³-hybridized carbons (Fsp3) is 1.00. The van der Waals surface area contributed by atoms with Crippen molar-refractivity contribution in [1.29, 1.82) is 0 Å². The second-order valence-corrected chi connectivity index (χ2v) is 51.5. The van der Waals surface area contributed by atoms with Gasteiger partial charge in [-0.1, -0.05) is 6.42 Å². The molecule has 5 aliphatic heterocycles. The van der Waals surface area contributed by atoms with E-state index in [0.717, 1.165) is 158 Å². The maximum absolute atomic E-state index is 11.2. The first-order chi connectivity index (χ1) is 41.5. The van der Waals surface area contributed by atoms with E-state index in [1.54, 1.807) is 42.7 Å². The summed E-state index contributed by atoms with van der Waals surface area (Å²) in [5, 5.41) is 32.6. The van der Waals surface area contributed by atoms with Crippen molar-refractivity contribution in [1.82, 2.24) is 0 Å². The maximum atomic E-state index is 11.2. The van der Waals surface area contributed by atoms with E-state index in [9.17, 15) is 15.3 Å². The van der Waals surface area contributed by atoms with Crippen LogP contribution in [0.25, 0.3) is 0 Å². The molecular formula is C60H114O19Si7. The minimum Gasteiger partial charge on any atom is -0.416 e. The molecule has 5 heterocycles. The topological polar surface area (TPSA) is 225 Å². The van der Waals surface area contributed by atoms with Crippen LogP contribution in [0.1, 0.15) is 161 Å². The van der Waals surface area contributed by atoms with Crippen LogP contribution in [0.5, 0.6) is 0 Å². The first kappa shape index (κ1) is 68.2. The zero-order valence-corrected chi connectivity index (χ0v) is 61.0. The summed E-state index contributed by atoms with van der Waals surface area (Å²) >= 11 is 0. The Kier molecular flexibility index (Phi) is 23.6. The lowest BCUT2D eigenvalue weighted by Crippen LogP contribution is -2.65. The van der Waals surface area contributed by atoms with Gasteiger partial charge in [0.15, 0.2) is 0 Å². The van der Waals surface area contributed by atoms with Crippen molar-refractivity contribution in [2.45, 2.75) is 271 Å². The number of rotatable bonds is 37. The van der Waals surface area contributed by atoms with Crippen LogP contribution in [0.15, 0.2) is 0 Å². The minimum absolute atomic E-state index is 0.0569. The highest BCUT2D eigenvalue weighted by Crippen LogP contribution is 2.53. The van der Waals surface area contributed by atoms with Gasteiger partial charge in [0.1, 0.15) is 0 Å². The number of epoxide rings is 5. The zero-order chi connectivity index (χ0) is 60.3. The third kappa shape index (κ3) is 18.0. The standard InChI is InChI=1S/C39H72O11Si4.C21H42O8Si3/c1-42-52(26-40,18-15-30-7-11-35-38(23-30)46-35)48-51(4,17-13-29-6-10-34-37(22-29)45-34)49-54(44-3,20-16-31-8-12-36-39(24-31)47-36)50-53(27-41,43-2)19-14-28-5-9-32-25-33(32)21-28;1-23-31(15-22,11-9-16-5-7-18-20(13-16)26-18)28-30(4)29-32(24-2,25-3)12-10-17-6-8-19-21(14-17)27-19/h28-41H,5-27H2,1-4H3;16-22,30H,5-15H2,1-4H3. The van der Waals surface area contributed by atoms with Crippen LogP contribution in [-0.4, -0.2) is 199 Å². The Bertz CT molecular complexity index is 2070. The molecular weight excluding hydrogens is 1220 g/mol. The van der Waals surface area contributed by atoms with Gasteiger partial charge in [0.25, 0.3) is 0 Å². The molecule has 496 valence electrons. The highest BCUT2D eigenvalue weighted by atomic mass is 28.5. The normalized spacial score (nSPS) is 40.1. The quantitative estimate of drug-likeness (QED) is 0.0389. The van der Waals surface area contributed by atoms with Crippen molar-refractivity contribution in [3.63, 3.8) is 0 Å². The molecule has 7 aliphatic carbocycles. The van der Waals surface area contributed by atoms with Gasteiger partial charge in [-0.15, -0.1) is 0 Å². The van der Waals surface area contributed by atoms with E-state index in [-0.39, 0.29) is 18.7 Å². The van der Waals surface area contributed by atoms with Crippen LogP contribution >= 0.6 is 0 Å². The van der Waals surface area contributed by atoms with Crippen molar-refractivity contribution in [2.24, 2.45) is 47.3 Å². The largest absolute Gasteiger partial charge is 0.491 e. The van der Waals surface area contributed by atoms with E-state index in [2.05, 4.69) is 6.55 Å². The first-order valence-corrected chi connectivity index (χ1v) is 49.6. The van der Waals surface area contributed by atoms with Crippen LogP contribution in [0, 0.1) is 47.3 Å². The summed E-state index contributed by atoms with van der Waals surface area (Å²) in [5.74, 6) is 5.42. The molecule has 0 radical (unpaired) electrons. The first-order valence-electron chi connectivity index (χ1n) is 34.4. The molecule has 0 aromatic heterocycles. The lowest BCUT2D eigenvalue weighted by Gasteiger charge is -2.45. The number of fused-ring (bicyclic) bond motifs is 6. The molecule has 0 amide bonds. The maximum Gasteiger partial charge on any atom is 0.491 e. The molecule has 86 heavy (non-hydrogen) atoms. The highest BCUT2D eigenvalue weighted by Gasteiger charge is 2.59. The monoisotopic (exact) mass is 1330 g/mol. The summed E-state index contributed by atoms with van der Waals surface area (Å²) in [6, 6.07) is 4.43. The lowest BCUT2D eigenvalue weighted by molar-refractivity contribution is 0.127. The summed E-state index contributed by atoms with van der Waals surface area (Å²) in [6.07, 6.45) is 32.6. The van der Waals surface area contributed by atoms with Crippen LogP contribution in [0.4, 0.5) is 0 Å². The van der Waals surface area contributed by atoms with Crippen LogP contribution < -0.4 is 0 Å². The number of aliphatic hydroxyl groups excluding tert-OH is 3. The third-order valence-electron chi connectivity index (χ3n) is 23.4. The Balaban J connectivity index is 0.000000204. The molecule has 7 saturated carbocycles. The van der Waals surface area contributed by atoms with E-state index in [1.807, 2.05) is 6.55 Å². The van der Waals surface area contributed by atoms with Gasteiger partial charge in [-0.3, -0.25) is 0 Å². The lowest BCUT2D eigenvalue weighted by atomic mass is 9.87. The Morgan fingerprint density at radius 1 is 0.337 bits per heavy atom. The highest BCUT2D eigenvalue weighted by molar-refractivity contribution is 6.87. The van der Waals surface area contributed by atoms with Crippen LogP contribution in [-0.2, 0) is 70.8 Å². The van der Waals surface area contributed by atoms with Crippen molar-refractivity contribution < 1.29 is 86.1 Å². The van der Waals surface area contributed by atoms with Gasteiger partial charge in [-0.25, -0.2) is 0 Å². The van der Waals surface area contributed by atoms with Crippen molar-refractivity contribution in [3.8, 4) is 0 Å². The Labute approximate surface area is 524 Å². The van der Waals surface area contributed by atoms with E-state index in [1.165, 1.54) is 44.9 Å². The van der Waals surface area contributed by atoms with Crippen molar-refractivity contribution in [2.75, 3.05) is 61.3 Å². The Morgan fingerprint density at radius 3 is 1.06 bits per heavy atom. The van der Waals surface area contributed by atoms with Gasteiger partial charge in [0, 0.05) is 54.7 Å². The zero-order valence-electron chi connectivity index (χ0n) is 53.9. The Hall–Kier alpha value is 0.758. The van der Waals surface area contributed by atoms with Gasteiger partial charge in [0.2, 0.25) is 0 Å². The van der Waals surface area contributed by atoms with E-state index in [0.29, 0.717) is 103 Å². The molecule has 24 atom stereocenters. The van der Waals surface area contributed by atoms with Crippen LogP contribution in [0.3, 0.4) is 0 Å². The molecule has 0 aromatic rings. The SMILES string of the molecule is CO[Si](CO)(CCC1CCC2OC2C1)O[SiH](C)O[Si](CCC1CCC2OC2C1)(OC)OC.CO[Si](CO)(CCC1CCC2OC2C1)O[Si](C)(CCC1CCC2OC2C1)O[Si](CCC1CCC2OC2C1)(OC)O[Si](CO)(CCC1CCC2CC2C1)OC. The minimum atomic E-state index is -3.53. The van der Waals surface area contributed by atoms with E-state index >= 15 is 0 Å². The van der Waals surface area contributed by atoms with Gasteiger partial charge in [-0.2, -0.15) is 0 Å². The summed E-state index contributed by atoms with van der Waals surface area (Å²) in [4.78, 5) is 0. The second kappa shape index (κ2) is 29.8. The molecule has 3 N–H and O–H groups in total.